The van der Waals surface area contributed by atoms with Crippen LogP contribution in [-0.4, -0.2) is 53.9 Å². The van der Waals surface area contributed by atoms with Crippen molar-refractivity contribution in [2.75, 3.05) is 31.1 Å². The molecular formula is C21H26N4O2. The Labute approximate surface area is 160 Å². The zero-order valence-electron chi connectivity index (χ0n) is 15.9. The minimum absolute atomic E-state index is 0.0343. The van der Waals surface area contributed by atoms with Gasteiger partial charge in [0.25, 0.3) is 0 Å². The molecule has 1 fully saturated rings. The van der Waals surface area contributed by atoms with Gasteiger partial charge in [0.05, 0.1) is 6.42 Å². The molecular weight excluding hydrogens is 340 g/mol. The van der Waals surface area contributed by atoms with Crippen LogP contribution in [0.25, 0.3) is 0 Å². The molecule has 0 radical (unpaired) electrons. The summed E-state index contributed by atoms with van der Waals surface area (Å²) in [7, 11) is 0. The predicted octanol–water partition coefficient (Wildman–Crippen LogP) is 1.79. The molecule has 1 saturated heterocycles. The summed E-state index contributed by atoms with van der Waals surface area (Å²) in [6.45, 7) is 6.51. The molecule has 1 aliphatic heterocycles. The standard InChI is InChI=1S/C21H26N4O2/c1-16-6-8-18(9-7-16)15-20(26)23-17(2)21(27)25-13-11-24(12-14-25)19-5-3-4-10-22-19/h3-10,17H,11-15H2,1-2H3,(H,23,26). The molecule has 0 aliphatic carbocycles. The van der Waals surface area contributed by atoms with Crippen LogP contribution < -0.4 is 10.2 Å². The van der Waals surface area contributed by atoms with Crippen molar-refractivity contribution in [1.29, 1.82) is 0 Å². The highest BCUT2D eigenvalue weighted by Gasteiger charge is 2.26. The molecule has 2 aromatic rings. The van der Waals surface area contributed by atoms with Gasteiger partial charge in [-0.1, -0.05) is 35.9 Å². The molecule has 0 bridgehead atoms. The first-order valence-corrected chi connectivity index (χ1v) is 9.32. The van der Waals surface area contributed by atoms with Gasteiger partial charge in [-0.3, -0.25) is 9.59 Å². The Morgan fingerprint density at radius 3 is 2.41 bits per heavy atom. The molecule has 1 unspecified atom stereocenters. The van der Waals surface area contributed by atoms with E-state index in [-0.39, 0.29) is 18.2 Å². The van der Waals surface area contributed by atoms with Gasteiger partial charge in [0, 0.05) is 32.4 Å². The number of aryl methyl sites for hydroxylation is 1. The third kappa shape index (κ3) is 5.06. The fraction of sp³-hybridized carbons (Fsp3) is 0.381. The topological polar surface area (TPSA) is 65.5 Å². The van der Waals surface area contributed by atoms with E-state index in [1.807, 2.05) is 54.3 Å². The van der Waals surface area contributed by atoms with Gasteiger partial charge >= 0.3 is 0 Å². The molecule has 142 valence electrons. The van der Waals surface area contributed by atoms with Crippen LogP contribution in [0.4, 0.5) is 5.82 Å². The lowest BCUT2D eigenvalue weighted by atomic mass is 10.1. The number of amides is 2. The molecule has 3 rings (SSSR count). The van der Waals surface area contributed by atoms with Gasteiger partial charge in [-0.2, -0.15) is 0 Å². The van der Waals surface area contributed by atoms with Gasteiger partial charge in [-0.25, -0.2) is 4.98 Å². The van der Waals surface area contributed by atoms with E-state index < -0.39 is 6.04 Å². The molecule has 1 aliphatic rings. The summed E-state index contributed by atoms with van der Waals surface area (Å²) in [5.74, 6) is 0.767. The summed E-state index contributed by atoms with van der Waals surface area (Å²) in [4.78, 5) is 33.2. The predicted molar refractivity (Wildman–Crippen MR) is 106 cm³/mol. The molecule has 1 aromatic carbocycles. The third-order valence-corrected chi connectivity index (χ3v) is 4.80. The number of nitrogens with one attached hydrogen (secondary N) is 1. The normalized spacial score (nSPS) is 15.3. The maximum absolute atomic E-state index is 12.7. The zero-order valence-corrected chi connectivity index (χ0v) is 15.9. The Morgan fingerprint density at radius 1 is 1.07 bits per heavy atom. The number of rotatable bonds is 5. The largest absolute Gasteiger partial charge is 0.353 e. The van der Waals surface area contributed by atoms with Gasteiger partial charge in [-0.05, 0) is 31.5 Å². The lowest BCUT2D eigenvalue weighted by Crippen LogP contribution is -2.54. The molecule has 27 heavy (non-hydrogen) atoms. The molecule has 6 nitrogen and oxygen atoms in total. The number of carbonyl (C=O) groups excluding carboxylic acids is 2. The summed E-state index contributed by atoms with van der Waals surface area (Å²) < 4.78 is 0. The van der Waals surface area contributed by atoms with Crippen molar-refractivity contribution in [3.63, 3.8) is 0 Å². The molecule has 2 heterocycles. The number of pyridine rings is 1. The Morgan fingerprint density at radius 2 is 1.78 bits per heavy atom. The van der Waals surface area contributed by atoms with E-state index in [1.165, 1.54) is 0 Å². The average Bonchev–Trinajstić information content (AvgIpc) is 2.70. The van der Waals surface area contributed by atoms with Crippen molar-refractivity contribution in [3.05, 3.63) is 59.8 Å². The van der Waals surface area contributed by atoms with Gasteiger partial charge in [0.2, 0.25) is 11.8 Å². The number of aromatic nitrogens is 1. The number of anilines is 1. The highest BCUT2D eigenvalue weighted by atomic mass is 16.2. The van der Waals surface area contributed by atoms with Gasteiger partial charge < -0.3 is 15.1 Å². The maximum Gasteiger partial charge on any atom is 0.244 e. The van der Waals surface area contributed by atoms with E-state index in [0.717, 1.165) is 30.0 Å². The van der Waals surface area contributed by atoms with E-state index in [4.69, 9.17) is 0 Å². The number of nitrogens with zero attached hydrogens (tertiary/aromatic N) is 3. The second kappa shape index (κ2) is 8.66. The summed E-state index contributed by atoms with van der Waals surface area (Å²) >= 11 is 0. The molecule has 1 aromatic heterocycles. The fourth-order valence-corrected chi connectivity index (χ4v) is 3.22. The number of carbonyl (C=O) groups is 2. The van der Waals surface area contributed by atoms with E-state index in [9.17, 15) is 9.59 Å². The van der Waals surface area contributed by atoms with E-state index in [1.54, 1.807) is 13.1 Å². The van der Waals surface area contributed by atoms with Gasteiger partial charge in [0.1, 0.15) is 11.9 Å². The first-order chi connectivity index (χ1) is 13.0. The zero-order chi connectivity index (χ0) is 19.2. The van der Waals surface area contributed by atoms with Crippen LogP contribution in [0.2, 0.25) is 0 Å². The minimum atomic E-state index is -0.524. The van der Waals surface area contributed by atoms with Crippen LogP contribution in [0, 0.1) is 6.92 Å². The Bertz CT molecular complexity index is 769. The molecule has 1 N–H and O–H groups in total. The lowest BCUT2D eigenvalue weighted by Gasteiger charge is -2.36. The number of hydrogen-bond donors (Lipinski definition) is 1. The van der Waals surface area contributed by atoms with Crippen molar-refractivity contribution < 1.29 is 9.59 Å². The maximum atomic E-state index is 12.7. The fourth-order valence-electron chi connectivity index (χ4n) is 3.22. The number of benzene rings is 1. The quantitative estimate of drug-likeness (QED) is 0.876. The Kier molecular flexibility index (Phi) is 6.06. The summed E-state index contributed by atoms with van der Waals surface area (Å²) in [6, 6.07) is 13.2. The van der Waals surface area contributed by atoms with E-state index >= 15 is 0 Å². The lowest BCUT2D eigenvalue weighted by molar-refractivity contribution is -0.136. The smallest absolute Gasteiger partial charge is 0.244 e. The molecule has 6 heteroatoms. The van der Waals surface area contributed by atoms with E-state index in [0.29, 0.717) is 13.1 Å². The van der Waals surface area contributed by atoms with Crippen LogP contribution in [0.15, 0.2) is 48.7 Å². The van der Waals surface area contributed by atoms with Crippen molar-refractivity contribution in [3.8, 4) is 0 Å². The average molecular weight is 366 g/mol. The van der Waals surface area contributed by atoms with Gasteiger partial charge in [0.15, 0.2) is 0 Å². The highest BCUT2D eigenvalue weighted by Crippen LogP contribution is 2.13. The Balaban J connectivity index is 1.47. The first kappa shape index (κ1) is 18.9. The monoisotopic (exact) mass is 366 g/mol. The second-order valence-electron chi connectivity index (χ2n) is 6.95. The van der Waals surface area contributed by atoms with Crippen molar-refractivity contribution in [2.45, 2.75) is 26.3 Å². The summed E-state index contributed by atoms with van der Waals surface area (Å²) in [5.41, 5.74) is 2.11. The van der Waals surface area contributed by atoms with E-state index in [2.05, 4.69) is 15.2 Å². The van der Waals surface area contributed by atoms with Crippen molar-refractivity contribution in [2.24, 2.45) is 0 Å². The van der Waals surface area contributed by atoms with Crippen molar-refractivity contribution in [1.82, 2.24) is 15.2 Å². The summed E-state index contributed by atoms with van der Waals surface area (Å²) in [6.07, 6.45) is 2.06. The van der Waals surface area contributed by atoms with Crippen LogP contribution in [0.1, 0.15) is 18.1 Å². The van der Waals surface area contributed by atoms with Crippen LogP contribution in [0.3, 0.4) is 0 Å². The SMILES string of the molecule is Cc1ccc(CC(=O)NC(C)C(=O)N2CCN(c3ccccn3)CC2)cc1. The number of hydrogen-bond acceptors (Lipinski definition) is 4. The van der Waals surface area contributed by atoms with Crippen LogP contribution >= 0.6 is 0 Å². The van der Waals surface area contributed by atoms with Gasteiger partial charge in [-0.15, -0.1) is 0 Å². The molecule has 1 atom stereocenters. The molecule has 0 saturated carbocycles. The highest BCUT2D eigenvalue weighted by molar-refractivity contribution is 5.88. The molecule has 2 amide bonds. The third-order valence-electron chi connectivity index (χ3n) is 4.80. The minimum Gasteiger partial charge on any atom is -0.353 e. The number of piperazine rings is 1. The van der Waals surface area contributed by atoms with Crippen molar-refractivity contribution >= 4 is 17.6 Å². The summed E-state index contributed by atoms with van der Waals surface area (Å²) in [5, 5.41) is 2.83. The van der Waals surface area contributed by atoms with Crippen LogP contribution in [0.5, 0.6) is 0 Å². The Hall–Kier alpha value is -2.89. The van der Waals surface area contributed by atoms with Crippen LogP contribution in [-0.2, 0) is 16.0 Å². The molecule has 0 spiro atoms. The first-order valence-electron chi connectivity index (χ1n) is 9.32. The second-order valence-corrected chi connectivity index (χ2v) is 6.95.